The van der Waals surface area contributed by atoms with Crippen molar-refractivity contribution in [2.24, 2.45) is 0 Å². The SMILES string of the molecule is C[C@H](C(=O)Nc1nc(-c2ccc(F)c(F)c2)cs1)S(C)(=O)=O. The number of carbonyl (C=O) groups excluding carboxylic acids is 1. The van der Waals surface area contributed by atoms with E-state index >= 15 is 0 Å². The summed E-state index contributed by atoms with van der Waals surface area (Å²) < 4.78 is 48.7. The zero-order valence-electron chi connectivity index (χ0n) is 11.6. The predicted molar refractivity (Wildman–Crippen MR) is 80.4 cm³/mol. The van der Waals surface area contributed by atoms with Crippen LogP contribution in [0.15, 0.2) is 23.6 Å². The van der Waals surface area contributed by atoms with Crippen molar-refractivity contribution in [1.29, 1.82) is 0 Å². The van der Waals surface area contributed by atoms with Crippen LogP contribution < -0.4 is 5.32 Å². The standard InChI is InChI=1S/C13H12F2N2O3S2/c1-7(22(2,19)20)12(18)17-13-16-11(6-21-13)8-3-4-9(14)10(15)5-8/h3-7H,1-2H3,(H,16,17,18)/t7-/m1/s1. The molecule has 0 fully saturated rings. The third-order valence-corrected chi connectivity index (χ3v) is 5.22. The van der Waals surface area contributed by atoms with Crippen molar-refractivity contribution in [3.05, 3.63) is 35.2 Å². The number of sulfone groups is 1. The zero-order chi connectivity index (χ0) is 16.5. The van der Waals surface area contributed by atoms with Gasteiger partial charge in [0.2, 0.25) is 5.91 Å². The second-order valence-electron chi connectivity index (χ2n) is 4.63. The lowest BCUT2D eigenvalue weighted by Crippen LogP contribution is -2.31. The number of aromatic nitrogens is 1. The first-order valence-electron chi connectivity index (χ1n) is 6.09. The molecule has 9 heteroatoms. The maximum Gasteiger partial charge on any atom is 0.244 e. The number of hydrogen-bond donors (Lipinski definition) is 1. The molecule has 0 unspecified atom stereocenters. The van der Waals surface area contributed by atoms with Crippen LogP contribution in [0.5, 0.6) is 0 Å². The number of nitrogens with zero attached hydrogens (tertiary/aromatic N) is 1. The Bertz CT molecular complexity index is 818. The van der Waals surface area contributed by atoms with Gasteiger partial charge >= 0.3 is 0 Å². The second kappa shape index (κ2) is 6.09. The normalized spacial score (nSPS) is 12.9. The first-order chi connectivity index (χ1) is 10.2. The average molecular weight is 346 g/mol. The molecule has 0 saturated carbocycles. The molecule has 0 bridgehead atoms. The maximum absolute atomic E-state index is 13.2. The summed E-state index contributed by atoms with van der Waals surface area (Å²) >= 11 is 1.06. The van der Waals surface area contributed by atoms with E-state index in [0.717, 1.165) is 29.7 Å². The Balaban J connectivity index is 2.18. The Morgan fingerprint density at radius 2 is 2.00 bits per heavy atom. The Hall–Kier alpha value is -1.87. The van der Waals surface area contributed by atoms with Crippen LogP contribution in [0.2, 0.25) is 0 Å². The van der Waals surface area contributed by atoms with Gasteiger partial charge in [-0.2, -0.15) is 0 Å². The van der Waals surface area contributed by atoms with Gasteiger partial charge in [0.15, 0.2) is 26.6 Å². The number of anilines is 1. The van der Waals surface area contributed by atoms with Crippen LogP contribution in [-0.2, 0) is 14.6 Å². The number of carbonyl (C=O) groups is 1. The largest absolute Gasteiger partial charge is 0.301 e. The summed E-state index contributed by atoms with van der Waals surface area (Å²) in [4.78, 5) is 15.8. The van der Waals surface area contributed by atoms with Crippen molar-refractivity contribution in [1.82, 2.24) is 4.98 Å². The molecule has 2 aromatic rings. The first kappa shape index (κ1) is 16.5. The number of rotatable bonds is 4. The van der Waals surface area contributed by atoms with Gasteiger partial charge in [-0.1, -0.05) is 0 Å². The lowest BCUT2D eigenvalue weighted by atomic mass is 10.2. The van der Waals surface area contributed by atoms with Gasteiger partial charge in [-0.3, -0.25) is 4.79 Å². The van der Waals surface area contributed by atoms with E-state index in [1.165, 1.54) is 13.0 Å². The fraction of sp³-hybridized carbons (Fsp3) is 0.231. The van der Waals surface area contributed by atoms with Crippen molar-refractivity contribution in [2.45, 2.75) is 12.2 Å². The molecule has 1 atom stereocenters. The van der Waals surface area contributed by atoms with E-state index in [-0.39, 0.29) is 5.13 Å². The predicted octanol–water partition coefficient (Wildman–Crippen LogP) is 2.46. The molecule has 5 nitrogen and oxygen atoms in total. The van der Waals surface area contributed by atoms with Crippen molar-refractivity contribution >= 4 is 32.2 Å². The topological polar surface area (TPSA) is 76.1 Å². The molecule has 0 aliphatic heterocycles. The highest BCUT2D eigenvalue weighted by Crippen LogP contribution is 2.26. The second-order valence-corrected chi connectivity index (χ2v) is 7.85. The summed E-state index contributed by atoms with van der Waals surface area (Å²) in [7, 11) is -3.50. The molecular weight excluding hydrogens is 334 g/mol. The summed E-state index contributed by atoms with van der Waals surface area (Å²) in [5, 5.41) is 2.91. The highest BCUT2D eigenvalue weighted by molar-refractivity contribution is 7.92. The van der Waals surface area contributed by atoms with Crippen LogP contribution in [0.4, 0.5) is 13.9 Å². The fourth-order valence-corrected chi connectivity index (χ4v) is 2.69. The minimum atomic E-state index is -3.50. The number of benzene rings is 1. The van der Waals surface area contributed by atoms with E-state index < -0.39 is 32.6 Å². The Morgan fingerprint density at radius 1 is 1.32 bits per heavy atom. The number of hydrogen-bond acceptors (Lipinski definition) is 5. The summed E-state index contributed by atoms with van der Waals surface area (Å²) in [6, 6.07) is 3.33. The lowest BCUT2D eigenvalue weighted by Gasteiger charge is -2.07. The monoisotopic (exact) mass is 346 g/mol. The molecule has 0 saturated heterocycles. The summed E-state index contributed by atoms with van der Waals surface area (Å²) in [5.41, 5.74) is 0.706. The number of nitrogens with one attached hydrogen (secondary N) is 1. The summed E-state index contributed by atoms with van der Waals surface area (Å²) in [6.07, 6.45) is 0.964. The van der Waals surface area contributed by atoms with E-state index in [9.17, 15) is 22.0 Å². The molecule has 1 amide bonds. The molecule has 0 aliphatic rings. The van der Waals surface area contributed by atoms with Crippen molar-refractivity contribution in [3.8, 4) is 11.3 Å². The highest BCUT2D eigenvalue weighted by Gasteiger charge is 2.24. The molecule has 1 aromatic carbocycles. The smallest absolute Gasteiger partial charge is 0.244 e. The third kappa shape index (κ3) is 3.66. The van der Waals surface area contributed by atoms with Crippen molar-refractivity contribution < 1.29 is 22.0 Å². The van der Waals surface area contributed by atoms with Crippen molar-refractivity contribution in [3.63, 3.8) is 0 Å². The first-order valence-corrected chi connectivity index (χ1v) is 8.92. The quantitative estimate of drug-likeness (QED) is 0.923. The van der Waals surface area contributed by atoms with Crippen LogP contribution in [-0.4, -0.2) is 30.8 Å². The molecule has 0 aliphatic carbocycles. The van der Waals surface area contributed by atoms with Gasteiger partial charge in [0, 0.05) is 17.2 Å². The van der Waals surface area contributed by atoms with E-state index in [2.05, 4.69) is 10.3 Å². The molecular formula is C13H12F2N2O3S2. The van der Waals surface area contributed by atoms with Gasteiger partial charge in [0.25, 0.3) is 0 Å². The van der Waals surface area contributed by atoms with Crippen LogP contribution >= 0.6 is 11.3 Å². The van der Waals surface area contributed by atoms with E-state index in [4.69, 9.17) is 0 Å². The zero-order valence-corrected chi connectivity index (χ0v) is 13.3. The summed E-state index contributed by atoms with van der Waals surface area (Å²) in [5.74, 6) is -2.66. The van der Waals surface area contributed by atoms with E-state index in [0.29, 0.717) is 11.3 Å². The van der Waals surface area contributed by atoms with Crippen LogP contribution in [0.1, 0.15) is 6.92 Å². The van der Waals surface area contributed by atoms with Crippen LogP contribution in [0.3, 0.4) is 0 Å². The van der Waals surface area contributed by atoms with E-state index in [1.54, 1.807) is 5.38 Å². The summed E-state index contributed by atoms with van der Waals surface area (Å²) in [6.45, 7) is 1.27. The number of thiazole rings is 1. The number of halogens is 2. The average Bonchev–Trinajstić information content (AvgIpc) is 2.88. The van der Waals surface area contributed by atoms with Gasteiger partial charge in [0.05, 0.1) is 5.69 Å². The van der Waals surface area contributed by atoms with Gasteiger partial charge in [-0.05, 0) is 25.1 Å². The van der Waals surface area contributed by atoms with Gasteiger partial charge in [0.1, 0.15) is 5.25 Å². The molecule has 22 heavy (non-hydrogen) atoms. The van der Waals surface area contributed by atoms with Crippen molar-refractivity contribution in [2.75, 3.05) is 11.6 Å². The van der Waals surface area contributed by atoms with Gasteiger partial charge in [-0.25, -0.2) is 22.2 Å². The van der Waals surface area contributed by atoms with E-state index in [1.807, 2.05) is 0 Å². The Morgan fingerprint density at radius 3 is 2.59 bits per heavy atom. The van der Waals surface area contributed by atoms with Gasteiger partial charge < -0.3 is 5.32 Å². The lowest BCUT2D eigenvalue weighted by molar-refractivity contribution is -0.115. The number of amides is 1. The Kier molecular flexibility index (Phi) is 4.57. The molecule has 1 heterocycles. The minimum Gasteiger partial charge on any atom is -0.301 e. The molecule has 0 spiro atoms. The minimum absolute atomic E-state index is 0.181. The molecule has 118 valence electrons. The molecule has 1 N–H and O–H groups in total. The highest BCUT2D eigenvalue weighted by atomic mass is 32.2. The van der Waals surface area contributed by atoms with Gasteiger partial charge in [-0.15, -0.1) is 11.3 Å². The molecule has 1 aromatic heterocycles. The maximum atomic E-state index is 13.2. The third-order valence-electron chi connectivity index (χ3n) is 2.96. The van der Waals surface area contributed by atoms with Crippen LogP contribution in [0.25, 0.3) is 11.3 Å². The fourth-order valence-electron chi connectivity index (χ4n) is 1.52. The molecule has 2 rings (SSSR count). The molecule has 0 radical (unpaired) electrons. The Labute approximate surface area is 129 Å². The van der Waals surface area contributed by atoms with Crippen LogP contribution in [0, 0.1) is 11.6 Å².